The number of aliphatic hydroxyl groups excluding tert-OH is 1. The summed E-state index contributed by atoms with van der Waals surface area (Å²) < 4.78 is 23.2. The van der Waals surface area contributed by atoms with E-state index in [1.54, 1.807) is 13.0 Å². The first-order valence-corrected chi connectivity index (χ1v) is 8.98. The van der Waals surface area contributed by atoms with Crippen molar-refractivity contribution >= 4 is 15.7 Å². The molecule has 1 saturated carbocycles. The minimum atomic E-state index is -3.35. The largest absolute Gasteiger partial charge is 0.391 e. The van der Waals surface area contributed by atoms with Crippen LogP contribution in [0, 0.1) is 6.92 Å². The summed E-state index contributed by atoms with van der Waals surface area (Å²) in [7, 11) is -3.35. The maximum Gasteiger partial charge on any atom is 0.251 e. The Morgan fingerprint density at radius 3 is 2.57 bits per heavy atom. The molecule has 0 saturated heterocycles. The standard InChI is InChI=1S/C15H21NO4S/c1-10-7-8-11(21(2,19)20)9-12(10)15(18)16-13-5-3-4-6-14(13)17/h7-9,13-14,17H,3-6H2,1-2H3,(H,16,18). The predicted molar refractivity (Wildman–Crippen MR) is 80.0 cm³/mol. The third kappa shape index (κ3) is 3.83. The van der Waals surface area contributed by atoms with E-state index in [0.29, 0.717) is 17.5 Å². The molecule has 0 spiro atoms. The van der Waals surface area contributed by atoms with Crippen LogP contribution in [-0.4, -0.2) is 37.8 Å². The van der Waals surface area contributed by atoms with Crippen LogP contribution in [0.2, 0.25) is 0 Å². The summed E-state index contributed by atoms with van der Waals surface area (Å²) in [6.07, 6.45) is 3.97. The fraction of sp³-hybridized carbons (Fsp3) is 0.533. The van der Waals surface area contributed by atoms with Crippen molar-refractivity contribution in [2.45, 2.75) is 49.6 Å². The van der Waals surface area contributed by atoms with Crippen molar-refractivity contribution in [2.24, 2.45) is 0 Å². The summed E-state index contributed by atoms with van der Waals surface area (Å²) in [5.74, 6) is -0.330. The second-order valence-electron chi connectivity index (χ2n) is 5.68. The molecule has 2 atom stereocenters. The van der Waals surface area contributed by atoms with E-state index in [1.165, 1.54) is 12.1 Å². The SMILES string of the molecule is Cc1ccc(S(C)(=O)=O)cc1C(=O)NC1CCCCC1O. The average molecular weight is 311 g/mol. The van der Waals surface area contributed by atoms with Crippen LogP contribution in [0.5, 0.6) is 0 Å². The van der Waals surface area contributed by atoms with Crippen LogP contribution < -0.4 is 5.32 Å². The highest BCUT2D eigenvalue weighted by molar-refractivity contribution is 7.90. The van der Waals surface area contributed by atoms with Gasteiger partial charge in [0, 0.05) is 11.8 Å². The van der Waals surface area contributed by atoms with Crippen molar-refractivity contribution in [3.8, 4) is 0 Å². The zero-order valence-electron chi connectivity index (χ0n) is 12.3. The quantitative estimate of drug-likeness (QED) is 0.884. The summed E-state index contributed by atoms with van der Waals surface area (Å²) in [6.45, 7) is 1.76. The molecule has 5 nitrogen and oxygen atoms in total. The van der Waals surface area contributed by atoms with Gasteiger partial charge in [-0.05, 0) is 37.5 Å². The predicted octanol–water partition coefficient (Wildman–Crippen LogP) is 1.43. The molecule has 1 aliphatic rings. The van der Waals surface area contributed by atoms with Gasteiger partial charge in [-0.2, -0.15) is 0 Å². The van der Waals surface area contributed by atoms with Gasteiger partial charge in [0.2, 0.25) is 0 Å². The monoisotopic (exact) mass is 311 g/mol. The molecule has 2 N–H and O–H groups in total. The van der Waals surface area contributed by atoms with Gasteiger partial charge in [-0.1, -0.05) is 18.9 Å². The molecule has 1 fully saturated rings. The number of hydrogen-bond donors (Lipinski definition) is 2. The molecule has 2 rings (SSSR count). The smallest absolute Gasteiger partial charge is 0.251 e. The molecule has 1 aromatic carbocycles. The molecule has 0 aromatic heterocycles. The van der Waals surface area contributed by atoms with Crippen LogP contribution in [-0.2, 0) is 9.84 Å². The Morgan fingerprint density at radius 1 is 1.29 bits per heavy atom. The number of carbonyl (C=O) groups excluding carboxylic acids is 1. The Morgan fingerprint density at radius 2 is 1.95 bits per heavy atom. The molecule has 2 unspecified atom stereocenters. The summed E-state index contributed by atoms with van der Waals surface area (Å²) in [5, 5.41) is 12.7. The number of benzene rings is 1. The van der Waals surface area contributed by atoms with E-state index in [2.05, 4.69) is 5.32 Å². The van der Waals surface area contributed by atoms with Crippen molar-refractivity contribution in [1.29, 1.82) is 0 Å². The van der Waals surface area contributed by atoms with E-state index in [0.717, 1.165) is 25.5 Å². The molecule has 6 heteroatoms. The van der Waals surface area contributed by atoms with Gasteiger partial charge in [-0.3, -0.25) is 4.79 Å². The molecule has 1 aliphatic carbocycles. The Hall–Kier alpha value is -1.40. The molecule has 1 aromatic rings. The van der Waals surface area contributed by atoms with E-state index in [4.69, 9.17) is 0 Å². The van der Waals surface area contributed by atoms with E-state index >= 15 is 0 Å². The van der Waals surface area contributed by atoms with Crippen LogP contribution in [0.4, 0.5) is 0 Å². The first-order chi connectivity index (χ1) is 9.79. The zero-order valence-corrected chi connectivity index (χ0v) is 13.1. The summed E-state index contributed by atoms with van der Waals surface area (Å²) >= 11 is 0. The van der Waals surface area contributed by atoms with Crippen molar-refractivity contribution < 1.29 is 18.3 Å². The maximum atomic E-state index is 12.3. The molecule has 0 heterocycles. The van der Waals surface area contributed by atoms with Crippen molar-refractivity contribution in [3.63, 3.8) is 0 Å². The molecule has 0 bridgehead atoms. The van der Waals surface area contributed by atoms with Gasteiger partial charge < -0.3 is 10.4 Å². The molecule has 21 heavy (non-hydrogen) atoms. The first-order valence-electron chi connectivity index (χ1n) is 7.08. The molecule has 0 aliphatic heterocycles. The fourth-order valence-corrected chi connectivity index (χ4v) is 3.25. The lowest BCUT2D eigenvalue weighted by molar-refractivity contribution is 0.0716. The number of amides is 1. The van der Waals surface area contributed by atoms with Gasteiger partial charge in [0.1, 0.15) is 0 Å². The topological polar surface area (TPSA) is 83.5 Å². The lowest BCUT2D eigenvalue weighted by Crippen LogP contribution is -2.45. The van der Waals surface area contributed by atoms with Gasteiger partial charge in [0.15, 0.2) is 9.84 Å². The van der Waals surface area contributed by atoms with Gasteiger partial charge >= 0.3 is 0 Å². The highest BCUT2D eigenvalue weighted by Crippen LogP contribution is 2.20. The van der Waals surface area contributed by atoms with Crippen LogP contribution in [0.25, 0.3) is 0 Å². The van der Waals surface area contributed by atoms with Gasteiger partial charge in [-0.15, -0.1) is 0 Å². The van der Waals surface area contributed by atoms with Gasteiger partial charge in [0.05, 0.1) is 17.0 Å². The minimum Gasteiger partial charge on any atom is -0.391 e. The number of carbonyl (C=O) groups is 1. The van der Waals surface area contributed by atoms with Crippen LogP contribution >= 0.6 is 0 Å². The lowest BCUT2D eigenvalue weighted by atomic mass is 9.92. The van der Waals surface area contributed by atoms with Crippen LogP contribution in [0.15, 0.2) is 23.1 Å². The van der Waals surface area contributed by atoms with E-state index in [-0.39, 0.29) is 16.8 Å². The van der Waals surface area contributed by atoms with E-state index in [9.17, 15) is 18.3 Å². The molecule has 116 valence electrons. The highest BCUT2D eigenvalue weighted by Gasteiger charge is 2.25. The second-order valence-corrected chi connectivity index (χ2v) is 7.70. The molecule has 0 radical (unpaired) electrons. The van der Waals surface area contributed by atoms with Crippen LogP contribution in [0.3, 0.4) is 0 Å². The molecular weight excluding hydrogens is 290 g/mol. The first kappa shape index (κ1) is 16.0. The maximum absolute atomic E-state index is 12.3. The molecule has 1 amide bonds. The number of sulfone groups is 1. The number of nitrogens with one attached hydrogen (secondary N) is 1. The number of aliphatic hydroxyl groups is 1. The Bertz CT molecular complexity index is 639. The average Bonchev–Trinajstić information content (AvgIpc) is 2.40. The van der Waals surface area contributed by atoms with E-state index in [1.807, 2.05) is 0 Å². The summed E-state index contributed by atoms with van der Waals surface area (Å²) in [4.78, 5) is 12.5. The Labute approximate surface area is 125 Å². The van der Waals surface area contributed by atoms with Crippen LogP contribution in [0.1, 0.15) is 41.6 Å². The van der Waals surface area contributed by atoms with E-state index < -0.39 is 15.9 Å². The molecular formula is C15H21NO4S. The zero-order chi connectivity index (χ0) is 15.6. The van der Waals surface area contributed by atoms with Crippen molar-refractivity contribution in [3.05, 3.63) is 29.3 Å². The Kier molecular flexibility index (Phi) is 4.68. The third-order valence-electron chi connectivity index (χ3n) is 3.93. The third-order valence-corrected chi connectivity index (χ3v) is 5.04. The second kappa shape index (κ2) is 6.15. The van der Waals surface area contributed by atoms with Gasteiger partial charge in [-0.25, -0.2) is 8.42 Å². The summed E-state index contributed by atoms with van der Waals surface area (Å²) in [6, 6.07) is 4.27. The Balaban J connectivity index is 2.22. The highest BCUT2D eigenvalue weighted by atomic mass is 32.2. The van der Waals surface area contributed by atoms with Crippen molar-refractivity contribution in [1.82, 2.24) is 5.32 Å². The van der Waals surface area contributed by atoms with Crippen molar-refractivity contribution in [2.75, 3.05) is 6.26 Å². The normalized spacial score (nSPS) is 22.8. The van der Waals surface area contributed by atoms with Gasteiger partial charge in [0.25, 0.3) is 5.91 Å². The number of aryl methyl sites for hydroxylation is 1. The summed E-state index contributed by atoms with van der Waals surface area (Å²) in [5.41, 5.74) is 1.06. The minimum absolute atomic E-state index is 0.127. The lowest BCUT2D eigenvalue weighted by Gasteiger charge is -2.28. The number of hydrogen-bond acceptors (Lipinski definition) is 4. The fourth-order valence-electron chi connectivity index (χ4n) is 2.60. The number of rotatable bonds is 3.